The molecule has 1 fully saturated rings. The average molecular weight is 270 g/mol. The normalized spacial score (nSPS) is 17.9. The van der Waals surface area contributed by atoms with E-state index >= 15 is 0 Å². The van der Waals surface area contributed by atoms with E-state index in [9.17, 15) is 9.59 Å². The highest BCUT2D eigenvalue weighted by molar-refractivity contribution is 6.17. The molecular formula is C12H18N2O5. The zero-order chi connectivity index (χ0) is 14.5. The molecule has 0 aromatic rings. The molecule has 5 N–H and O–H groups in total. The van der Waals surface area contributed by atoms with Crippen LogP contribution in [0, 0.1) is 0 Å². The molecule has 19 heavy (non-hydrogen) atoms. The van der Waals surface area contributed by atoms with Crippen LogP contribution < -0.4 is 5.73 Å². The number of carbonyl (C=O) groups excluding carboxylic acids is 2. The summed E-state index contributed by atoms with van der Waals surface area (Å²) < 4.78 is 0. The highest BCUT2D eigenvalue weighted by Gasteiger charge is 2.26. The Kier molecular flexibility index (Phi) is 5.37. The molecule has 7 heteroatoms. The van der Waals surface area contributed by atoms with Crippen LogP contribution in [0.1, 0.15) is 0 Å². The summed E-state index contributed by atoms with van der Waals surface area (Å²) in [6, 6.07) is 0. The third-order valence-electron chi connectivity index (χ3n) is 2.66. The lowest BCUT2D eigenvalue weighted by atomic mass is 10.1. The van der Waals surface area contributed by atoms with Crippen LogP contribution in [0.3, 0.4) is 0 Å². The van der Waals surface area contributed by atoms with E-state index in [4.69, 9.17) is 21.1 Å². The molecule has 106 valence electrons. The second kappa shape index (κ2) is 6.58. The molecule has 0 saturated carbocycles. The fraction of sp³-hybridized carbons (Fsp3) is 0.500. The average Bonchev–Trinajstić information content (AvgIpc) is 3.26. The van der Waals surface area contributed by atoms with Gasteiger partial charge in [-0.15, -0.1) is 0 Å². The molecule has 1 aliphatic heterocycles. The van der Waals surface area contributed by atoms with Crippen LogP contribution in [-0.2, 0) is 9.59 Å². The molecule has 1 heterocycles. The Hall–Kier alpha value is -1.54. The quantitative estimate of drug-likeness (QED) is 0.330. The molecule has 0 radical (unpaired) electrons. The Bertz CT molecular complexity index is 400. The lowest BCUT2D eigenvalue weighted by Gasteiger charge is -2.20. The molecule has 2 rings (SSSR count). The van der Waals surface area contributed by atoms with Crippen LogP contribution in [0.2, 0.25) is 0 Å². The number of hydrogen-bond acceptors (Lipinski definition) is 7. The van der Waals surface area contributed by atoms with Crippen molar-refractivity contribution in [1.82, 2.24) is 4.90 Å². The van der Waals surface area contributed by atoms with Crippen molar-refractivity contribution in [1.29, 1.82) is 0 Å². The lowest BCUT2D eigenvalue weighted by molar-refractivity contribution is -0.115. The monoisotopic (exact) mass is 270 g/mol. The summed E-state index contributed by atoms with van der Waals surface area (Å²) in [5.74, 6) is -0.145. The maximum absolute atomic E-state index is 11.1. The highest BCUT2D eigenvalue weighted by atomic mass is 16.3. The first kappa shape index (κ1) is 15.5. The molecule has 0 unspecified atom stereocenters. The molecule has 2 aliphatic rings. The fourth-order valence-electron chi connectivity index (χ4n) is 1.19. The molecule has 0 bridgehead atoms. The summed E-state index contributed by atoms with van der Waals surface area (Å²) in [6.45, 7) is 0.595. The Morgan fingerprint density at radius 3 is 2.00 bits per heavy atom. The van der Waals surface area contributed by atoms with Crippen molar-refractivity contribution >= 4 is 11.6 Å². The molecule has 0 atom stereocenters. The molecule has 1 saturated heterocycles. The zero-order valence-electron chi connectivity index (χ0n) is 10.5. The number of aliphatic hydroxyl groups is 3. The van der Waals surface area contributed by atoms with Crippen molar-refractivity contribution in [2.24, 2.45) is 5.73 Å². The fourth-order valence-corrected chi connectivity index (χ4v) is 1.19. The number of nitrogens with zero attached hydrogens (tertiary/aromatic N) is 1. The first-order valence-electron chi connectivity index (χ1n) is 5.80. The van der Waals surface area contributed by atoms with E-state index in [0.29, 0.717) is 5.70 Å². The third kappa shape index (κ3) is 4.56. The molecule has 0 amide bonds. The van der Waals surface area contributed by atoms with Gasteiger partial charge in [0.15, 0.2) is 5.78 Å². The van der Waals surface area contributed by atoms with Crippen molar-refractivity contribution in [3.05, 3.63) is 23.9 Å². The van der Waals surface area contributed by atoms with Gasteiger partial charge in [0.05, 0.1) is 31.1 Å². The summed E-state index contributed by atoms with van der Waals surface area (Å²) in [5, 5.41) is 25.0. The Labute approximate surface area is 110 Å². The smallest absolute Gasteiger partial charge is 0.202 e. The van der Waals surface area contributed by atoms with Crippen LogP contribution in [0.15, 0.2) is 23.9 Å². The van der Waals surface area contributed by atoms with Gasteiger partial charge >= 0.3 is 0 Å². The van der Waals surface area contributed by atoms with E-state index in [1.54, 1.807) is 0 Å². The number of hydrogen-bond donors (Lipinski definition) is 4. The largest absolute Gasteiger partial charge is 0.394 e. The van der Waals surface area contributed by atoms with Gasteiger partial charge in [-0.2, -0.15) is 0 Å². The van der Waals surface area contributed by atoms with E-state index in [1.807, 2.05) is 4.90 Å². The van der Waals surface area contributed by atoms with Crippen LogP contribution in [0.25, 0.3) is 0 Å². The first-order valence-corrected chi connectivity index (χ1v) is 5.80. The Morgan fingerprint density at radius 1 is 1.11 bits per heavy atom. The topological polar surface area (TPSA) is 124 Å². The van der Waals surface area contributed by atoms with Crippen LogP contribution in [0.4, 0.5) is 0 Å². The molecule has 7 nitrogen and oxygen atoms in total. The minimum absolute atomic E-state index is 0.0536. The second-order valence-corrected chi connectivity index (χ2v) is 4.45. The maximum Gasteiger partial charge on any atom is 0.202 e. The van der Waals surface area contributed by atoms with Crippen molar-refractivity contribution < 1.29 is 24.9 Å². The van der Waals surface area contributed by atoms with E-state index in [-0.39, 0.29) is 11.6 Å². The summed E-state index contributed by atoms with van der Waals surface area (Å²) in [4.78, 5) is 23.8. The summed E-state index contributed by atoms with van der Waals surface area (Å²) >= 11 is 0. The molecule has 0 aromatic carbocycles. The van der Waals surface area contributed by atoms with Crippen molar-refractivity contribution in [3.8, 4) is 0 Å². The predicted octanol–water partition coefficient (Wildman–Crippen LogP) is -2.45. The van der Waals surface area contributed by atoms with Gasteiger partial charge in [-0.1, -0.05) is 0 Å². The molecule has 1 aliphatic carbocycles. The van der Waals surface area contributed by atoms with E-state index in [0.717, 1.165) is 13.1 Å². The van der Waals surface area contributed by atoms with Gasteiger partial charge in [0.1, 0.15) is 0 Å². The van der Waals surface area contributed by atoms with Crippen molar-refractivity contribution in [3.63, 3.8) is 0 Å². The minimum Gasteiger partial charge on any atom is -0.394 e. The predicted molar refractivity (Wildman–Crippen MR) is 67.0 cm³/mol. The standard InChI is InChI=1S/C8H7NO2.C4H11NO3/c10-6-1-2-8(11)7(5-6)9-3-4-9;5-4(1-6,2-7)3-8/h1-2,5H,3-4H2;6-8H,1-3,5H2. The number of rotatable bonds is 4. The zero-order valence-corrected chi connectivity index (χ0v) is 10.5. The highest BCUT2D eigenvalue weighted by Crippen LogP contribution is 2.17. The number of carbonyl (C=O) groups is 2. The van der Waals surface area contributed by atoms with Crippen LogP contribution in [0.5, 0.6) is 0 Å². The number of allylic oxidation sites excluding steroid dienone is 3. The van der Waals surface area contributed by atoms with Gasteiger partial charge < -0.3 is 26.0 Å². The van der Waals surface area contributed by atoms with Gasteiger partial charge in [0.25, 0.3) is 0 Å². The molecular weight excluding hydrogens is 252 g/mol. The SMILES string of the molecule is NC(CO)(CO)CO.O=C1C=CC(=O)C(N2CC2)=C1. The third-order valence-corrected chi connectivity index (χ3v) is 2.66. The van der Waals surface area contributed by atoms with Crippen LogP contribution in [-0.4, -0.2) is 70.2 Å². The van der Waals surface area contributed by atoms with Gasteiger partial charge in [0, 0.05) is 19.2 Å². The van der Waals surface area contributed by atoms with Crippen molar-refractivity contribution in [2.75, 3.05) is 32.9 Å². The van der Waals surface area contributed by atoms with Crippen LogP contribution >= 0.6 is 0 Å². The summed E-state index contributed by atoms with van der Waals surface area (Å²) in [5.41, 5.74) is 4.49. The van der Waals surface area contributed by atoms with Gasteiger partial charge in [-0.05, 0) is 12.2 Å². The summed E-state index contributed by atoms with van der Waals surface area (Å²) in [6.07, 6.45) is 4.03. The van der Waals surface area contributed by atoms with Crippen molar-refractivity contribution in [2.45, 2.75) is 5.54 Å². The van der Waals surface area contributed by atoms with Gasteiger partial charge in [-0.3, -0.25) is 9.59 Å². The number of aliphatic hydroxyl groups excluding tert-OH is 3. The van der Waals surface area contributed by atoms with Gasteiger partial charge in [0.2, 0.25) is 5.78 Å². The van der Waals surface area contributed by atoms with Gasteiger partial charge in [-0.25, -0.2) is 0 Å². The number of ketones is 2. The second-order valence-electron chi connectivity index (χ2n) is 4.45. The molecule has 0 spiro atoms. The van der Waals surface area contributed by atoms with E-state index < -0.39 is 25.4 Å². The van der Waals surface area contributed by atoms with E-state index in [1.165, 1.54) is 18.2 Å². The number of nitrogens with two attached hydrogens (primary N) is 1. The lowest BCUT2D eigenvalue weighted by Crippen LogP contribution is -2.50. The molecule has 0 aromatic heterocycles. The Balaban J connectivity index is 0.000000203. The first-order chi connectivity index (χ1) is 8.95. The minimum atomic E-state index is -1.21. The summed E-state index contributed by atoms with van der Waals surface area (Å²) in [7, 11) is 0. The maximum atomic E-state index is 11.1. The Morgan fingerprint density at radius 2 is 1.63 bits per heavy atom. The van der Waals surface area contributed by atoms with E-state index in [2.05, 4.69) is 0 Å².